The molecule has 1 heterocycles. The molecule has 1 aromatic heterocycles. The van der Waals surface area contributed by atoms with E-state index in [1.54, 1.807) is 18.2 Å². The van der Waals surface area contributed by atoms with Crippen LogP contribution in [0.1, 0.15) is 13.8 Å². The predicted molar refractivity (Wildman–Crippen MR) is 109 cm³/mol. The van der Waals surface area contributed by atoms with E-state index in [1.165, 1.54) is 13.2 Å². The highest BCUT2D eigenvalue weighted by atomic mass is 127. The number of benzene rings is 1. The number of ether oxygens (including phenoxy) is 2. The number of amides is 1. The summed E-state index contributed by atoms with van der Waals surface area (Å²) in [6.45, 7) is 3.68. The van der Waals surface area contributed by atoms with Crippen LogP contribution in [-0.2, 0) is 14.8 Å². The molecule has 0 fully saturated rings. The second-order valence-corrected chi connectivity index (χ2v) is 9.00. The van der Waals surface area contributed by atoms with Crippen molar-refractivity contribution in [1.29, 1.82) is 0 Å². The van der Waals surface area contributed by atoms with Crippen LogP contribution in [0.4, 0.5) is 10.6 Å². The number of sulfonamides is 1. The zero-order valence-corrected chi connectivity index (χ0v) is 18.4. The van der Waals surface area contributed by atoms with Gasteiger partial charge in [-0.05, 0) is 40.6 Å². The Morgan fingerprint density at radius 2 is 2.00 bits per heavy atom. The number of methoxy groups -OCH3 is 1. The van der Waals surface area contributed by atoms with E-state index in [1.807, 2.05) is 36.4 Å². The molecule has 0 spiro atoms. The molecule has 8 nitrogen and oxygen atoms in total. The minimum atomic E-state index is -4.35. The van der Waals surface area contributed by atoms with E-state index in [9.17, 15) is 13.2 Å². The number of rotatable bonds is 6. The van der Waals surface area contributed by atoms with Gasteiger partial charge in [-0.2, -0.15) is 4.98 Å². The summed E-state index contributed by atoms with van der Waals surface area (Å²) in [5.41, 5.74) is 0. The molecule has 0 saturated carbocycles. The third-order valence-corrected chi connectivity index (χ3v) is 6.34. The number of hydrogen-bond donors (Lipinski definition) is 0. The second kappa shape index (κ2) is 9.02. The lowest BCUT2D eigenvalue weighted by molar-refractivity contribution is 0.143. The molecule has 0 unspecified atom stereocenters. The van der Waals surface area contributed by atoms with Crippen LogP contribution in [0.5, 0.6) is 5.88 Å². The molecule has 27 heavy (non-hydrogen) atoms. The summed E-state index contributed by atoms with van der Waals surface area (Å²) in [7, 11) is -3.09. The van der Waals surface area contributed by atoms with E-state index in [0.29, 0.717) is 7.88 Å². The summed E-state index contributed by atoms with van der Waals surface area (Å²) in [5.74, 6) is -0.553. The van der Waals surface area contributed by atoms with Crippen LogP contribution in [0.2, 0.25) is 5.15 Å². The standard InChI is InChI=1S/C16H17ClIN3O5S/c1-10(2)9-26-16(22)21(14-15(25-3)20-13(17)8-19-14)27(23,24)12-7-5-4-6-11(12)18/h4-8,10H,9H2,1-3H3. The van der Waals surface area contributed by atoms with Crippen LogP contribution in [0.15, 0.2) is 35.4 Å². The maximum absolute atomic E-state index is 13.3. The average Bonchev–Trinajstić information content (AvgIpc) is 2.61. The Hall–Kier alpha value is -1.66. The van der Waals surface area contributed by atoms with Crippen molar-refractivity contribution in [2.45, 2.75) is 18.7 Å². The van der Waals surface area contributed by atoms with Crippen LogP contribution in [0.3, 0.4) is 0 Å². The Morgan fingerprint density at radius 3 is 2.59 bits per heavy atom. The van der Waals surface area contributed by atoms with Gasteiger partial charge in [0.1, 0.15) is 4.90 Å². The van der Waals surface area contributed by atoms with Crippen LogP contribution in [-0.4, -0.2) is 38.2 Å². The van der Waals surface area contributed by atoms with E-state index in [0.717, 1.165) is 6.20 Å². The molecule has 0 atom stereocenters. The molecule has 0 aliphatic rings. The number of nitrogens with zero attached hydrogens (tertiary/aromatic N) is 3. The molecule has 11 heteroatoms. The Balaban J connectivity index is 2.64. The van der Waals surface area contributed by atoms with Crippen LogP contribution in [0, 0.1) is 9.49 Å². The number of hydrogen-bond acceptors (Lipinski definition) is 7. The summed E-state index contributed by atoms with van der Waals surface area (Å²) >= 11 is 7.67. The zero-order valence-electron chi connectivity index (χ0n) is 14.7. The van der Waals surface area contributed by atoms with Gasteiger partial charge in [0.25, 0.3) is 15.9 Å². The second-order valence-electron chi connectivity index (χ2n) is 5.70. The average molecular weight is 526 g/mol. The van der Waals surface area contributed by atoms with E-state index in [2.05, 4.69) is 9.97 Å². The molecule has 1 aromatic carbocycles. The molecule has 1 amide bonds. The van der Waals surface area contributed by atoms with Crippen molar-refractivity contribution < 1.29 is 22.7 Å². The van der Waals surface area contributed by atoms with E-state index in [4.69, 9.17) is 21.1 Å². The molecule has 0 aliphatic carbocycles. The van der Waals surface area contributed by atoms with Crippen molar-refractivity contribution in [3.05, 3.63) is 39.2 Å². The first-order valence-corrected chi connectivity index (χ1v) is 10.6. The lowest BCUT2D eigenvalue weighted by Crippen LogP contribution is -2.39. The normalized spacial score (nSPS) is 11.3. The molecule has 0 saturated heterocycles. The molecule has 0 N–H and O–H groups in total. The van der Waals surface area contributed by atoms with Crippen LogP contribution >= 0.6 is 34.2 Å². The molecule has 0 aliphatic heterocycles. The smallest absolute Gasteiger partial charge is 0.430 e. The number of carbonyl (C=O) groups is 1. The lowest BCUT2D eigenvalue weighted by atomic mass is 10.2. The Labute approximate surface area is 176 Å². The lowest BCUT2D eigenvalue weighted by Gasteiger charge is -2.23. The number of aromatic nitrogens is 2. The van der Waals surface area contributed by atoms with Gasteiger partial charge < -0.3 is 9.47 Å². The van der Waals surface area contributed by atoms with Gasteiger partial charge >= 0.3 is 6.09 Å². The summed E-state index contributed by atoms with van der Waals surface area (Å²) in [6, 6.07) is 6.23. The minimum absolute atomic E-state index is 0.00793. The van der Waals surface area contributed by atoms with Crippen molar-refractivity contribution in [3.8, 4) is 5.88 Å². The minimum Gasteiger partial charge on any atom is -0.478 e. The Morgan fingerprint density at radius 1 is 1.33 bits per heavy atom. The Bertz CT molecular complexity index is 939. The highest BCUT2D eigenvalue weighted by molar-refractivity contribution is 14.1. The Kier molecular flexibility index (Phi) is 7.23. The van der Waals surface area contributed by atoms with Gasteiger partial charge in [0.2, 0.25) is 5.82 Å². The van der Waals surface area contributed by atoms with E-state index in [-0.39, 0.29) is 34.3 Å². The van der Waals surface area contributed by atoms with Crippen molar-refractivity contribution in [2.24, 2.45) is 5.92 Å². The number of halogens is 2. The molecule has 2 rings (SSSR count). The van der Waals surface area contributed by atoms with Gasteiger partial charge in [-0.15, -0.1) is 4.31 Å². The van der Waals surface area contributed by atoms with Crippen molar-refractivity contribution in [2.75, 3.05) is 18.0 Å². The number of carbonyl (C=O) groups excluding carboxylic acids is 1. The van der Waals surface area contributed by atoms with E-state index < -0.39 is 16.1 Å². The fourth-order valence-electron chi connectivity index (χ4n) is 1.97. The first-order valence-electron chi connectivity index (χ1n) is 7.71. The third-order valence-electron chi connectivity index (χ3n) is 3.14. The first kappa shape index (κ1) is 21.6. The summed E-state index contributed by atoms with van der Waals surface area (Å²) in [4.78, 5) is 20.4. The summed E-state index contributed by atoms with van der Waals surface area (Å²) < 4.78 is 37.6. The van der Waals surface area contributed by atoms with E-state index >= 15 is 0 Å². The third kappa shape index (κ3) is 4.99. The maximum Gasteiger partial charge on any atom is 0.430 e. The maximum atomic E-state index is 13.3. The topological polar surface area (TPSA) is 98.7 Å². The molecular formula is C16H17ClIN3O5S. The van der Waals surface area contributed by atoms with Crippen molar-refractivity contribution in [1.82, 2.24) is 9.97 Å². The van der Waals surface area contributed by atoms with Gasteiger partial charge in [-0.25, -0.2) is 18.2 Å². The molecule has 2 aromatic rings. The molecule has 146 valence electrons. The molecule has 0 radical (unpaired) electrons. The quantitative estimate of drug-likeness (QED) is 0.530. The van der Waals surface area contributed by atoms with Crippen molar-refractivity contribution >= 4 is 56.1 Å². The number of anilines is 1. The predicted octanol–water partition coefficient (Wildman–Crippen LogP) is 3.73. The van der Waals surface area contributed by atoms with Gasteiger partial charge in [-0.3, -0.25) is 0 Å². The van der Waals surface area contributed by atoms with Crippen molar-refractivity contribution in [3.63, 3.8) is 0 Å². The van der Waals surface area contributed by atoms with Gasteiger partial charge in [0.05, 0.1) is 19.9 Å². The highest BCUT2D eigenvalue weighted by Gasteiger charge is 2.37. The SMILES string of the molecule is COc1nc(Cl)cnc1N(C(=O)OCC(C)C)S(=O)(=O)c1ccccc1I. The van der Waals surface area contributed by atoms with Gasteiger partial charge in [0, 0.05) is 3.57 Å². The first-order chi connectivity index (χ1) is 12.7. The van der Waals surface area contributed by atoms with Crippen LogP contribution < -0.4 is 9.04 Å². The summed E-state index contributed by atoms with van der Waals surface area (Å²) in [6.07, 6.45) is 0.00596. The van der Waals surface area contributed by atoms with Crippen LogP contribution in [0.25, 0.3) is 0 Å². The monoisotopic (exact) mass is 525 g/mol. The fraction of sp³-hybridized carbons (Fsp3) is 0.312. The largest absolute Gasteiger partial charge is 0.478 e. The van der Waals surface area contributed by atoms with Gasteiger partial charge in [-0.1, -0.05) is 37.6 Å². The zero-order chi connectivity index (χ0) is 20.2. The molecule has 0 bridgehead atoms. The highest BCUT2D eigenvalue weighted by Crippen LogP contribution is 2.32. The van der Waals surface area contributed by atoms with Gasteiger partial charge in [0.15, 0.2) is 5.15 Å². The fourth-order valence-corrected chi connectivity index (χ4v) is 4.68. The summed E-state index contributed by atoms with van der Waals surface area (Å²) in [5, 5.41) is -0.0159. The molecular weight excluding hydrogens is 509 g/mol.